The van der Waals surface area contributed by atoms with E-state index >= 15 is 0 Å². The van der Waals surface area contributed by atoms with E-state index in [2.05, 4.69) is 5.32 Å². The Morgan fingerprint density at radius 3 is 2.86 bits per heavy atom. The number of halogens is 2. The molecule has 1 aliphatic rings. The number of carbonyl (C=O) groups excluding carboxylic acids is 1. The number of nitrogens with zero attached hydrogens (tertiary/aromatic N) is 1. The van der Waals surface area contributed by atoms with Crippen LogP contribution in [0.3, 0.4) is 0 Å². The van der Waals surface area contributed by atoms with E-state index in [1.807, 2.05) is 29.2 Å². The third-order valence-electron chi connectivity index (χ3n) is 3.36. The van der Waals surface area contributed by atoms with Crippen LogP contribution in [-0.2, 0) is 4.79 Å². The van der Waals surface area contributed by atoms with Crippen LogP contribution in [0.2, 0.25) is 0 Å². The number of anilines is 2. The Bertz CT molecular complexity index is 706. The van der Waals surface area contributed by atoms with Gasteiger partial charge in [-0.2, -0.15) is 0 Å². The summed E-state index contributed by atoms with van der Waals surface area (Å²) >= 11 is 0. The number of hydrogen-bond donors (Lipinski definition) is 1. The van der Waals surface area contributed by atoms with Crippen LogP contribution in [0.1, 0.15) is 0 Å². The number of benzene rings is 2. The number of rotatable bonds is 3. The first-order valence-corrected chi connectivity index (χ1v) is 6.85. The molecule has 6 heteroatoms. The zero-order valence-electron chi connectivity index (χ0n) is 11.7. The zero-order chi connectivity index (χ0) is 15.5. The average molecular weight is 304 g/mol. The molecule has 3 rings (SSSR count). The predicted molar refractivity (Wildman–Crippen MR) is 79.1 cm³/mol. The van der Waals surface area contributed by atoms with Crippen LogP contribution in [0.5, 0.6) is 5.75 Å². The lowest BCUT2D eigenvalue weighted by atomic mass is 10.2. The van der Waals surface area contributed by atoms with E-state index in [9.17, 15) is 13.6 Å². The molecule has 2 aromatic rings. The van der Waals surface area contributed by atoms with Gasteiger partial charge in [0, 0.05) is 6.07 Å². The highest BCUT2D eigenvalue weighted by Gasteiger charge is 2.20. The van der Waals surface area contributed by atoms with Gasteiger partial charge in [-0.05, 0) is 24.3 Å². The molecule has 0 atom stereocenters. The van der Waals surface area contributed by atoms with Crippen LogP contribution in [0, 0.1) is 11.6 Å². The fourth-order valence-corrected chi connectivity index (χ4v) is 2.34. The summed E-state index contributed by atoms with van der Waals surface area (Å²) in [5.74, 6) is -1.13. The molecule has 0 unspecified atom stereocenters. The topological polar surface area (TPSA) is 41.6 Å². The van der Waals surface area contributed by atoms with Crippen molar-refractivity contribution in [2.45, 2.75) is 0 Å². The fraction of sp³-hybridized carbons (Fsp3) is 0.188. The van der Waals surface area contributed by atoms with Crippen LogP contribution in [0.15, 0.2) is 42.5 Å². The van der Waals surface area contributed by atoms with Gasteiger partial charge in [-0.25, -0.2) is 8.78 Å². The minimum atomic E-state index is -0.796. The minimum Gasteiger partial charge on any atom is -0.490 e. The maximum Gasteiger partial charge on any atom is 0.243 e. The van der Waals surface area contributed by atoms with E-state index in [4.69, 9.17) is 4.74 Å². The highest BCUT2D eigenvalue weighted by Crippen LogP contribution is 2.30. The molecule has 114 valence electrons. The second-order valence-corrected chi connectivity index (χ2v) is 4.91. The number of fused-ring (bicyclic) bond motifs is 1. The lowest BCUT2D eigenvalue weighted by molar-refractivity contribution is -0.115. The second-order valence-electron chi connectivity index (χ2n) is 4.91. The maximum atomic E-state index is 13.5. The molecule has 0 fully saturated rings. The van der Waals surface area contributed by atoms with Gasteiger partial charge in [-0.15, -0.1) is 0 Å². The predicted octanol–water partition coefficient (Wildman–Crippen LogP) is 2.80. The van der Waals surface area contributed by atoms with Crippen molar-refractivity contribution < 1.29 is 18.3 Å². The quantitative estimate of drug-likeness (QED) is 0.948. The Morgan fingerprint density at radius 2 is 2.05 bits per heavy atom. The van der Waals surface area contributed by atoms with Gasteiger partial charge in [-0.1, -0.05) is 12.1 Å². The maximum absolute atomic E-state index is 13.5. The molecule has 4 nitrogen and oxygen atoms in total. The molecular formula is C16H14F2N2O2. The number of hydrogen-bond acceptors (Lipinski definition) is 3. The monoisotopic (exact) mass is 304 g/mol. The first-order chi connectivity index (χ1) is 10.6. The molecule has 1 N–H and O–H groups in total. The summed E-state index contributed by atoms with van der Waals surface area (Å²) in [6.45, 7) is 1.11. The molecule has 2 aromatic carbocycles. The van der Waals surface area contributed by atoms with Crippen molar-refractivity contribution in [2.24, 2.45) is 0 Å². The minimum absolute atomic E-state index is 0.0343. The Morgan fingerprint density at radius 1 is 1.23 bits per heavy atom. The van der Waals surface area contributed by atoms with Crippen LogP contribution in [0.25, 0.3) is 0 Å². The SMILES string of the molecule is O=C(CN1CCOc2ccccc21)Nc1ccc(F)cc1F. The summed E-state index contributed by atoms with van der Waals surface area (Å²) in [5.41, 5.74) is 0.788. The molecular weight excluding hydrogens is 290 g/mol. The Hall–Kier alpha value is -2.63. The number of nitrogens with one attached hydrogen (secondary N) is 1. The molecule has 0 radical (unpaired) electrons. The lowest BCUT2D eigenvalue weighted by Crippen LogP contribution is -2.38. The number of ether oxygens (including phenoxy) is 1. The summed E-state index contributed by atoms with van der Waals surface area (Å²) in [4.78, 5) is 13.9. The molecule has 22 heavy (non-hydrogen) atoms. The van der Waals surface area contributed by atoms with E-state index in [-0.39, 0.29) is 18.1 Å². The molecule has 1 heterocycles. The molecule has 0 aliphatic carbocycles. The normalized spacial score (nSPS) is 13.3. The smallest absolute Gasteiger partial charge is 0.243 e. The second kappa shape index (κ2) is 6.01. The standard InChI is InChI=1S/C16H14F2N2O2/c17-11-5-6-13(12(18)9-11)19-16(21)10-20-7-8-22-15-4-2-1-3-14(15)20/h1-6,9H,7-8,10H2,(H,19,21). The van der Waals surface area contributed by atoms with Gasteiger partial charge in [-0.3, -0.25) is 4.79 Å². The molecule has 1 aliphatic heterocycles. The van der Waals surface area contributed by atoms with Gasteiger partial charge in [0.1, 0.15) is 24.0 Å². The van der Waals surface area contributed by atoms with E-state index in [0.29, 0.717) is 13.2 Å². The van der Waals surface area contributed by atoms with Gasteiger partial charge in [0.05, 0.1) is 24.5 Å². The van der Waals surface area contributed by atoms with Crippen molar-refractivity contribution >= 4 is 17.3 Å². The van der Waals surface area contributed by atoms with Gasteiger partial charge >= 0.3 is 0 Å². The van der Waals surface area contributed by atoms with Crippen molar-refractivity contribution in [3.63, 3.8) is 0 Å². The van der Waals surface area contributed by atoms with Gasteiger partial charge in [0.25, 0.3) is 0 Å². The fourth-order valence-electron chi connectivity index (χ4n) is 2.34. The molecule has 0 bridgehead atoms. The van der Waals surface area contributed by atoms with E-state index in [0.717, 1.165) is 23.6 Å². The van der Waals surface area contributed by atoms with E-state index in [1.54, 1.807) is 0 Å². The van der Waals surface area contributed by atoms with Gasteiger partial charge in [0.15, 0.2) is 0 Å². The third-order valence-corrected chi connectivity index (χ3v) is 3.36. The highest BCUT2D eigenvalue weighted by atomic mass is 19.1. The van der Waals surface area contributed by atoms with Crippen molar-refractivity contribution in [1.82, 2.24) is 0 Å². The number of amides is 1. The first kappa shape index (κ1) is 14.3. The summed E-state index contributed by atoms with van der Waals surface area (Å²) in [6, 6.07) is 10.5. The Balaban J connectivity index is 1.70. The van der Waals surface area contributed by atoms with E-state index < -0.39 is 11.6 Å². The number of para-hydroxylation sites is 2. The van der Waals surface area contributed by atoms with Gasteiger partial charge < -0.3 is 15.0 Å². The Labute approximate surface area is 126 Å². The largest absolute Gasteiger partial charge is 0.490 e. The molecule has 1 amide bonds. The van der Waals surface area contributed by atoms with Crippen molar-refractivity contribution in [3.05, 3.63) is 54.1 Å². The van der Waals surface area contributed by atoms with Crippen LogP contribution < -0.4 is 15.0 Å². The van der Waals surface area contributed by atoms with E-state index in [1.165, 1.54) is 6.07 Å². The van der Waals surface area contributed by atoms with Gasteiger partial charge in [0.2, 0.25) is 5.91 Å². The average Bonchev–Trinajstić information content (AvgIpc) is 2.50. The number of carbonyl (C=O) groups is 1. The molecule has 0 aromatic heterocycles. The van der Waals surface area contributed by atoms with Crippen LogP contribution >= 0.6 is 0 Å². The Kier molecular flexibility index (Phi) is 3.91. The summed E-state index contributed by atoms with van der Waals surface area (Å²) in [6.07, 6.45) is 0. The summed E-state index contributed by atoms with van der Waals surface area (Å²) < 4.78 is 31.9. The molecule has 0 saturated heterocycles. The molecule has 0 spiro atoms. The highest BCUT2D eigenvalue weighted by molar-refractivity contribution is 5.94. The summed E-state index contributed by atoms with van der Waals surface area (Å²) in [7, 11) is 0. The first-order valence-electron chi connectivity index (χ1n) is 6.85. The lowest BCUT2D eigenvalue weighted by Gasteiger charge is -2.30. The van der Waals surface area contributed by atoms with Crippen molar-refractivity contribution in [2.75, 3.05) is 29.9 Å². The zero-order valence-corrected chi connectivity index (χ0v) is 11.7. The van der Waals surface area contributed by atoms with Crippen molar-refractivity contribution in [3.8, 4) is 5.75 Å². The van der Waals surface area contributed by atoms with Crippen LogP contribution in [-0.4, -0.2) is 25.6 Å². The summed E-state index contributed by atoms with van der Waals surface area (Å²) in [5, 5.41) is 2.45. The third kappa shape index (κ3) is 3.00. The van der Waals surface area contributed by atoms with Crippen molar-refractivity contribution in [1.29, 1.82) is 0 Å². The van der Waals surface area contributed by atoms with Crippen LogP contribution in [0.4, 0.5) is 20.2 Å². The molecule has 0 saturated carbocycles.